The molecule has 0 aliphatic carbocycles. The van der Waals surface area contributed by atoms with E-state index in [1.807, 2.05) is 31.2 Å². The summed E-state index contributed by atoms with van der Waals surface area (Å²) >= 11 is 2.84. The summed E-state index contributed by atoms with van der Waals surface area (Å²) in [6.45, 7) is 6.65. The molecule has 1 aromatic carbocycles. The normalized spacial score (nSPS) is 16.7. The first-order valence-corrected chi connectivity index (χ1v) is 10.1. The van der Waals surface area contributed by atoms with Crippen LogP contribution in [-0.2, 0) is 16.1 Å². The van der Waals surface area contributed by atoms with Gasteiger partial charge in [-0.2, -0.15) is 0 Å². The van der Waals surface area contributed by atoms with Gasteiger partial charge in [0.25, 0.3) is 0 Å². The van der Waals surface area contributed by atoms with Crippen LogP contribution >= 0.6 is 23.1 Å². The number of anilines is 1. The van der Waals surface area contributed by atoms with E-state index in [0.717, 1.165) is 15.7 Å². The number of hydrogen-bond acceptors (Lipinski definition) is 6. The van der Waals surface area contributed by atoms with Crippen LogP contribution in [0, 0.1) is 12.8 Å². The molecule has 0 saturated carbocycles. The fraction of sp³-hybridized carbons (Fsp3) is 0.333. The molecular formula is C18H20N4O2S2. The van der Waals surface area contributed by atoms with E-state index < -0.39 is 0 Å². The summed E-state index contributed by atoms with van der Waals surface area (Å²) in [7, 11) is 0. The number of nitrogens with one attached hydrogen (secondary N) is 1. The molecule has 8 heteroatoms. The second-order valence-corrected chi connectivity index (χ2v) is 8.37. The molecular weight excluding hydrogens is 368 g/mol. The lowest BCUT2D eigenvalue weighted by Gasteiger charge is -2.16. The Kier molecular flexibility index (Phi) is 6.05. The molecule has 1 atom stereocenters. The van der Waals surface area contributed by atoms with Gasteiger partial charge in [-0.25, -0.2) is 0 Å². The van der Waals surface area contributed by atoms with Crippen molar-refractivity contribution in [3.8, 4) is 0 Å². The number of aromatic nitrogens is 2. The number of likely N-dealkylation sites (tertiary alicyclic amines) is 1. The van der Waals surface area contributed by atoms with Crippen molar-refractivity contribution in [1.29, 1.82) is 0 Å². The molecule has 2 aromatic rings. The summed E-state index contributed by atoms with van der Waals surface area (Å²) in [5, 5.41) is 11.2. The van der Waals surface area contributed by atoms with E-state index >= 15 is 0 Å². The summed E-state index contributed by atoms with van der Waals surface area (Å²) in [5.74, 6) is 0.209. The molecule has 136 valence electrons. The van der Waals surface area contributed by atoms with E-state index in [1.165, 1.54) is 28.7 Å². The topological polar surface area (TPSA) is 75.2 Å². The molecule has 1 aromatic heterocycles. The van der Waals surface area contributed by atoms with Gasteiger partial charge in [-0.05, 0) is 12.5 Å². The average molecular weight is 389 g/mol. The minimum atomic E-state index is -0.360. The van der Waals surface area contributed by atoms with Crippen molar-refractivity contribution in [1.82, 2.24) is 15.1 Å². The third kappa shape index (κ3) is 4.70. The minimum absolute atomic E-state index is 0.00483. The third-order valence-electron chi connectivity index (χ3n) is 4.04. The van der Waals surface area contributed by atoms with E-state index in [2.05, 4.69) is 22.1 Å². The molecule has 0 bridgehead atoms. The van der Waals surface area contributed by atoms with E-state index in [0.29, 0.717) is 18.2 Å². The van der Waals surface area contributed by atoms with Crippen LogP contribution in [0.5, 0.6) is 0 Å². The zero-order chi connectivity index (χ0) is 18.5. The molecule has 0 unspecified atom stereocenters. The Morgan fingerprint density at radius 2 is 2.19 bits per heavy atom. The quantitative estimate of drug-likeness (QED) is 0.448. The third-order valence-corrected chi connectivity index (χ3v) is 6.01. The number of hydrogen-bond donors (Lipinski definition) is 1. The largest absolute Gasteiger partial charge is 0.338 e. The standard InChI is InChI=1S/C18H20N4O2S2/c1-3-8-25-18-21-20-17(26-18)19-16(24)14-9-15(23)22(11-14)10-13-6-4-12(2)5-7-13/h3-7,14H,1,8-11H2,2H3,(H,19,20,24)/t14-/m0/s1. The van der Waals surface area contributed by atoms with E-state index in [-0.39, 0.29) is 24.2 Å². The van der Waals surface area contributed by atoms with Crippen LogP contribution in [0.15, 0.2) is 41.3 Å². The average Bonchev–Trinajstić information content (AvgIpc) is 3.22. The number of carbonyl (C=O) groups excluding carboxylic acids is 2. The fourth-order valence-corrected chi connectivity index (χ4v) is 4.19. The number of rotatable bonds is 7. The van der Waals surface area contributed by atoms with Crippen molar-refractivity contribution in [2.45, 2.75) is 24.2 Å². The van der Waals surface area contributed by atoms with Crippen LogP contribution in [0.4, 0.5) is 5.13 Å². The summed E-state index contributed by atoms with van der Waals surface area (Å²) in [5.41, 5.74) is 2.25. The Balaban J connectivity index is 1.55. The molecule has 0 radical (unpaired) electrons. The highest BCUT2D eigenvalue weighted by atomic mass is 32.2. The zero-order valence-electron chi connectivity index (χ0n) is 14.5. The number of amides is 2. The number of nitrogens with zero attached hydrogens (tertiary/aromatic N) is 3. The predicted molar refractivity (Wildman–Crippen MR) is 104 cm³/mol. The van der Waals surface area contributed by atoms with Crippen molar-refractivity contribution in [2.75, 3.05) is 17.6 Å². The lowest BCUT2D eigenvalue weighted by Crippen LogP contribution is -2.28. The minimum Gasteiger partial charge on any atom is -0.338 e. The fourth-order valence-electron chi connectivity index (χ4n) is 2.67. The van der Waals surface area contributed by atoms with Crippen LogP contribution in [0.3, 0.4) is 0 Å². The second kappa shape index (κ2) is 8.46. The second-order valence-electron chi connectivity index (χ2n) is 6.12. The number of thioether (sulfide) groups is 1. The van der Waals surface area contributed by atoms with Gasteiger partial charge >= 0.3 is 0 Å². The van der Waals surface area contributed by atoms with Crippen molar-refractivity contribution in [3.63, 3.8) is 0 Å². The van der Waals surface area contributed by atoms with Crippen LogP contribution in [0.2, 0.25) is 0 Å². The Morgan fingerprint density at radius 3 is 2.92 bits per heavy atom. The molecule has 1 saturated heterocycles. The van der Waals surface area contributed by atoms with Gasteiger partial charge in [0.05, 0.1) is 5.92 Å². The molecule has 3 rings (SSSR count). The highest BCUT2D eigenvalue weighted by molar-refractivity contribution is 8.01. The molecule has 6 nitrogen and oxygen atoms in total. The van der Waals surface area contributed by atoms with Gasteiger partial charge in [0.15, 0.2) is 4.34 Å². The lowest BCUT2D eigenvalue weighted by molar-refractivity contribution is -0.128. The lowest BCUT2D eigenvalue weighted by atomic mass is 10.1. The van der Waals surface area contributed by atoms with Crippen LogP contribution in [0.1, 0.15) is 17.5 Å². The number of carbonyl (C=O) groups is 2. The summed E-state index contributed by atoms with van der Waals surface area (Å²) in [4.78, 5) is 26.4. The Bertz CT molecular complexity index is 804. The van der Waals surface area contributed by atoms with Crippen molar-refractivity contribution in [2.24, 2.45) is 5.92 Å². The van der Waals surface area contributed by atoms with Gasteiger partial charge in [0.2, 0.25) is 16.9 Å². The number of benzene rings is 1. The Labute approximate surface area is 160 Å². The molecule has 1 fully saturated rings. The first-order chi connectivity index (χ1) is 12.5. The predicted octanol–water partition coefficient (Wildman–Crippen LogP) is 3.11. The molecule has 1 aliphatic heterocycles. The maximum absolute atomic E-state index is 12.5. The SMILES string of the molecule is C=CCSc1nnc(NC(=O)[C@H]2CC(=O)N(Cc3ccc(C)cc3)C2)s1. The summed E-state index contributed by atoms with van der Waals surface area (Å²) in [6, 6.07) is 8.08. The summed E-state index contributed by atoms with van der Waals surface area (Å²) in [6.07, 6.45) is 2.02. The van der Waals surface area contributed by atoms with Crippen LogP contribution in [-0.4, -0.2) is 39.2 Å². The van der Waals surface area contributed by atoms with Crippen molar-refractivity contribution < 1.29 is 9.59 Å². The Morgan fingerprint density at radius 1 is 1.42 bits per heavy atom. The smallest absolute Gasteiger partial charge is 0.231 e. The highest BCUT2D eigenvalue weighted by Crippen LogP contribution is 2.27. The highest BCUT2D eigenvalue weighted by Gasteiger charge is 2.34. The molecule has 2 heterocycles. The van der Waals surface area contributed by atoms with Crippen LogP contribution < -0.4 is 5.32 Å². The maximum atomic E-state index is 12.5. The van der Waals surface area contributed by atoms with Crippen LogP contribution in [0.25, 0.3) is 0 Å². The molecule has 26 heavy (non-hydrogen) atoms. The first kappa shape index (κ1) is 18.6. The van der Waals surface area contributed by atoms with Gasteiger partial charge < -0.3 is 10.2 Å². The number of aryl methyl sites for hydroxylation is 1. The van der Waals surface area contributed by atoms with Gasteiger partial charge in [-0.15, -0.1) is 16.8 Å². The first-order valence-electron chi connectivity index (χ1n) is 8.26. The van der Waals surface area contributed by atoms with E-state index in [4.69, 9.17) is 0 Å². The van der Waals surface area contributed by atoms with E-state index in [1.54, 1.807) is 11.0 Å². The molecule has 1 aliphatic rings. The summed E-state index contributed by atoms with van der Waals surface area (Å²) < 4.78 is 0.781. The monoisotopic (exact) mass is 388 g/mol. The molecule has 0 spiro atoms. The van der Waals surface area contributed by atoms with E-state index in [9.17, 15) is 9.59 Å². The van der Waals surface area contributed by atoms with Gasteiger partial charge in [-0.1, -0.05) is 59.0 Å². The van der Waals surface area contributed by atoms with Gasteiger partial charge in [-0.3, -0.25) is 9.59 Å². The van der Waals surface area contributed by atoms with Gasteiger partial charge in [0.1, 0.15) is 0 Å². The molecule has 1 N–H and O–H groups in total. The van der Waals surface area contributed by atoms with Gasteiger partial charge in [0, 0.05) is 25.3 Å². The Hall–Kier alpha value is -2.19. The zero-order valence-corrected chi connectivity index (χ0v) is 16.1. The maximum Gasteiger partial charge on any atom is 0.231 e. The van der Waals surface area contributed by atoms with Crippen molar-refractivity contribution >= 4 is 40.0 Å². The van der Waals surface area contributed by atoms with Crippen molar-refractivity contribution in [3.05, 3.63) is 48.0 Å². The molecule has 2 amide bonds.